The van der Waals surface area contributed by atoms with Gasteiger partial charge in [-0.15, -0.1) is 13.2 Å². The number of rotatable bonds is 8. The van der Waals surface area contributed by atoms with Crippen molar-refractivity contribution in [2.24, 2.45) is 5.92 Å². The van der Waals surface area contributed by atoms with E-state index >= 15 is 0 Å². The lowest BCUT2D eigenvalue weighted by molar-refractivity contribution is -0.172. The Morgan fingerprint density at radius 3 is 2.50 bits per heavy atom. The molecule has 0 aliphatic carbocycles. The maximum Gasteiger partial charge on any atom is 0.0823 e. The molecule has 3 nitrogen and oxygen atoms in total. The van der Waals surface area contributed by atoms with E-state index in [1.54, 1.807) is 6.20 Å². The Balaban J connectivity index is 2.25. The van der Waals surface area contributed by atoms with E-state index in [2.05, 4.69) is 30.3 Å². The predicted molar refractivity (Wildman–Crippen MR) is 99.7 cm³/mol. The molecule has 0 saturated carbocycles. The summed E-state index contributed by atoms with van der Waals surface area (Å²) in [6.45, 7) is 12.0. The second-order valence-electron chi connectivity index (χ2n) is 6.46. The predicted octanol–water partition coefficient (Wildman–Crippen LogP) is 5.05. The molecule has 2 rings (SSSR count). The quantitative estimate of drug-likeness (QED) is 0.545. The van der Waals surface area contributed by atoms with Gasteiger partial charge in [-0.2, -0.15) is 5.06 Å². The molecule has 126 valence electrons. The highest BCUT2D eigenvalue weighted by Gasteiger charge is 2.30. The van der Waals surface area contributed by atoms with Crippen LogP contribution in [0.15, 0.2) is 74.0 Å². The molecule has 1 N–H and O–H groups in total. The highest BCUT2D eigenvalue weighted by molar-refractivity contribution is 5.63. The molecule has 0 aliphatic heterocycles. The molecule has 0 aliphatic rings. The van der Waals surface area contributed by atoms with E-state index in [0.717, 1.165) is 23.2 Å². The summed E-state index contributed by atoms with van der Waals surface area (Å²) in [6, 6.07) is 14.2. The van der Waals surface area contributed by atoms with Crippen molar-refractivity contribution in [3.63, 3.8) is 0 Å². The third-order valence-corrected chi connectivity index (χ3v) is 4.35. The van der Waals surface area contributed by atoms with Crippen LogP contribution in [0.25, 0.3) is 11.1 Å². The van der Waals surface area contributed by atoms with Crippen molar-refractivity contribution in [1.82, 2.24) is 10.0 Å². The number of hydrogen-bond acceptors (Lipinski definition) is 3. The van der Waals surface area contributed by atoms with Gasteiger partial charge in [0.1, 0.15) is 0 Å². The van der Waals surface area contributed by atoms with Gasteiger partial charge in [0.05, 0.1) is 11.2 Å². The van der Waals surface area contributed by atoms with Crippen LogP contribution in [-0.4, -0.2) is 21.8 Å². The maximum atomic E-state index is 10.6. The molecule has 24 heavy (non-hydrogen) atoms. The molecule has 1 aromatic heterocycles. The Bertz CT molecular complexity index is 679. The van der Waals surface area contributed by atoms with Crippen LogP contribution in [0.1, 0.15) is 26.0 Å². The lowest BCUT2D eigenvalue weighted by Gasteiger charge is -2.34. The van der Waals surface area contributed by atoms with Gasteiger partial charge in [-0.05, 0) is 49.4 Å². The standard InChI is InChI=1S/C21H26N2O/c1-5-10-17(6-2)16-23(24)21(3,4)20-15-19(13-14-22-20)18-11-8-7-9-12-18/h5-9,11-15,17,24H,1-2,10,16H2,3-4H3. The van der Waals surface area contributed by atoms with Crippen molar-refractivity contribution in [2.75, 3.05) is 6.54 Å². The highest BCUT2D eigenvalue weighted by Crippen LogP contribution is 2.29. The van der Waals surface area contributed by atoms with E-state index < -0.39 is 5.54 Å². The van der Waals surface area contributed by atoms with E-state index in [1.165, 1.54) is 5.06 Å². The molecule has 0 saturated heterocycles. The molecular weight excluding hydrogens is 296 g/mol. The van der Waals surface area contributed by atoms with Gasteiger partial charge in [-0.1, -0.05) is 42.5 Å². The Morgan fingerprint density at radius 1 is 1.17 bits per heavy atom. The zero-order valence-corrected chi connectivity index (χ0v) is 14.5. The summed E-state index contributed by atoms with van der Waals surface area (Å²) >= 11 is 0. The van der Waals surface area contributed by atoms with Crippen LogP contribution in [0.2, 0.25) is 0 Å². The Kier molecular flexibility index (Phi) is 6.07. The van der Waals surface area contributed by atoms with Crippen LogP contribution in [0.5, 0.6) is 0 Å². The smallest absolute Gasteiger partial charge is 0.0823 e. The second-order valence-corrected chi connectivity index (χ2v) is 6.46. The number of benzene rings is 1. The zero-order valence-electron chi connectivity index (χ0n) is 14.5. The van der Waals surface area contributed by atoms with Crippen molar-refractivity contribution in [3.05, 3.63) is 79.7 Å². The summed E-state index contributed by atoms with van der Waals surface area (Å²) in [6.07, 6.45) is 6.28. The van der Waals surface area contributed by atoms with Crippen LogP contribution in [0, 0.1) is 5.92 Å². The number of pyridine rings is 1. The normalized spacial score (nSPS) is 12.8. The average molecular weight is 322 g/mol. The number of allylic oxidation sites excluding steroid dienone is 1. The SMILES string of the molecule is C=CCC(C=C)CN(O)C(C)(C)c1cc(-c2ccccc2)ccn1. The second kappa shape index (κ2) is 8.04. The van der Waals surface area contributed by atoms with Gasteiger partial charge < -0.3 is 5.21 Å². The van der Waals surface area contributed by atoms with Crippen molar-refractivity contribution in [3.8, 4) is 11.1 Å². The van der Waals surface area contributed by atoms with Crippen molar-refractivity contribution in [2.45, 2.75) is 25.8 Å². The minimum absolute atomic E-state index is 0.157. The molecule has 1 heterocycles. The minimum atomic E-state index is -0.604. The van der Waals surface area contributed by atoms with E-state index in [9.17, 15) is 5.21 Å². The number of nitrogens with zero attached hydrogens (tertiary/aromatic N) is 2. The molecule has 0 amide bonds. The van der Waals surface area contributed by atoms with E-state index in [1.807, 2.05) is 56.3 Å². The van der Waals surface area contributed by atoms with Gasteiger partial charge in [0.2, 0.25) is 0 Å². The fraction of sp³-hybridized carbons (Fsp3) is 0.286. The van der Waals surface area contributed by atoms with Gasteiger partial charge in [-0.25, -0.2) is 0 Å². The van der Waals surface area contributed by atoms with Crippen LogP contribution < -0.4 is 0 Å². The van der Waals surface area contributed by atoms with Crippen molar-refractivity contribution >= 4 is 0 Å². The van der Waals surface area contributed by atoms with Gasteiger partial charge in [0, 0.05) is 12.7 Å². The monoisotopic (exact) mass is 322 g/mol. The molecule has 3 heteroatoms. The summed E-state index contributed by atoms with van der Waals surface area (Å²) in [5.74, 6) is 0.157. The third-order valence-electron chi connectivity index (χ3n) is 4.35. The first-order chi connectivity index (χ1) is 11.5. The van der Waals surface area contributed by atoms with Crippen molar-refractivity contribution < 1.29 is 5.21 Å². The Hall–Kier alpha value is -2.23. The van der Waals surface area contributed by atoms with Gasteiger partial charge in [0.25, 0.3) is 0 Å². The molecule has 0 fully saturated rings. The first-order valence-corrected chi connectivity index (χ1v) is 8.21. The fourth-order valence-electron chi connectivity index (χ4n) is 2.62. The van der Waals surface area contributed by atoms with E-state index in [4.69, 9.17) is 0 Å². The molecule has 1 atom stereocenters. The highest BCUT2D eigenvalue weighted by atomic mass is 16.5. The molecule has 0 radical (unpaired) electrons. The topological polar surface area (TPSA) is 36.4 Å². The van der Waals surface area contributed by atoms with Crippen LogP contribution >= 0.6 is 0 Å². The molecular formula is C21H26N2O. The minimum Gasteiger partial charge on any atom is -0.313 e. The summed E-state index contributed by atoms with van der Waals surface area (Å²) in [7, 11) is 0. The van der Waals surface area contributed by atoms with E-state index in [-0.39, 0.29) is 5.92 Å². The molecule has 2 aromatic rings. The van der Waals surface area contributed by atoms with Crippen LogP contribution in [0.3, 0.4) is 0 Å². The largest absolute Gasteiger partial charge is 0.313 e. The first-order valence-electron chi connectivity index (χ1n) is 8.21. The Morgan fingerprint density at radius 2 is 1.88 bits per heavy atom. The fourth-order valence-corrected chi connectivity index (χ4v) is 2.62. The summed E-state index contributed by atoms with van der Waals surface area (Å²) in [4.78, 5) is 4.49. The van der Waals surface area contributed by atoms with Gasteiger partial charge in [-0.3, -0.25) is 4.98 Å². The summed E-state index contributed by atoms with van der Waals surface area (Å²) in [5.41, 5.74) is 2.45. The summed E-state index contributed by atoms with van der Waals surface area (Å²) < 4.78 is 0. The first kappa shape index (κ1) is 18.1. The lowest BCUT2D eigenvalue weighted by Crippen LogP contribution is -2.42. The van der Waals surface area contributed by atoms with Gasteiger partial charge in [0.15, 0.2) is 0 Å². The molecule has 1 aromatic carbocycles. The number of hydrogen-bond donors (Lipinski definition) is 1. The van der Waals surface area contributed by atoms with Crippen LogP contribution in [0.4, 0.5) is 0 Å². The number of hydroxylamine groups is 2. The average Bonchev–Trinajstić information content (AvgIpc) is 2.62. The van der Waals surface area contributed by atoms with Crippen molar-refractivity contribution in [1.29, 1.82) is 0 Å². The third kappa shape index (κ3) is 4.19. The Labute approximate surface area is 144 Å². The summed E-state index contributed by atoms with van der Waals surface area (Å²) in [5, 5.41) is 12.0. The van der Waals surface area contributed by atoms with Crippen LogP contribution in [-0.2, 0) is 5.54 Å². The zero-order chi connectivity index (χ0) is 17.6. The molecule has 0 spiro atoms. The number of aromatic nitrogens is 1. The maximum absolute atomic E-state index is 10.6. The molecule has 1 unspecified atom stereocenters. The van der Waals surface area contributed by atoms with Gasteiger partial charge >= 0.3 is 0 Å². The van der Waals surface area contributed by atoms with E-state index in [0.29, 0.717) is 6.54 Å². The molecule has 0 bridgehead atoms. The lowest BCUT2D eigenvalue weighted by atomic mass is 9.94.